The van der Waals surface area contributed by atoms with Crippen LogP contribution in [0.1, 0.15) is 30.9 Å². The molecule has 1 saturated heterocycles. The highest BCUT2D eigenvalue weighted by Gasteiger charge is 2.18. The minimum Gasteiger partial charge on any atom is -0.317 e. The van der Waals surface area contributed by atoms with E-state index in [0.29, 0.717) is 0 Å². The summed E-state index contributed by atoms with van der Waals surface area (Å²) in [6.45, 7) is 10.3. The molecule has 1 aromatic carbocycles. The monoisotopic (exact) mass is 282 g/mol. The van der Waals surface area contributed by atoms with E-state index in [1.54, 1.807) is 0 Å². The van der Waals surface area contributed by atoms with Gasteiger partial charge in [0.05, 0.1) is 0 Å². The van der Waals surface area contributed by atoms with E-state index in [-0.39, 0.29) is 12.4 Å². The highest BCUT2D eigenvalue weighted by Crippen LogP contribution is 2.19. The van der Waals surface area contributed by atoms with Crippen LogP contribution in [0.15, 0.2) is 24.3 Å². The Morgan fingerprint density at radius 1 is 1.21 bits per heavy atom. The van der Waals surface area contributed by atoms with Crippen LogP contribution in [0.3, 0.4) is 0 Å². The Hall–Kier alpha value is -0.570. The summed E-state index contributed by atoms with van der Waals surface area (Å²) in [6.07, 6.45) is 2.69. The summed E-state index contributed by atoms with van der Waals surface area (Å²) in [5.74, 6) is 0.887. The molecule has 1 heterocycles. The number of piperidine rings is 1. The number of hydrogen-bond donors (Lipinski definition) is 1. The van der Waals surface area contributed by atoms with Gasteiger partial charge in [-0.2, -0.15) is 0 Å². The quantitative estimate of drug-likeness (QED) is 0.892. The molecular formula is C16H27ClN2. The first kappa shape index (κ1) is 16.5. The fraction of sp³-hybridized carbons (Fsp3) is 0.625. The first-order valence-electron chi connectivity index (χ1n) is 7.27. The number of nitrogens with zero attached hydrogens (tertiary/aromatic N) is 1. The van der Waals surface area contributed by atoms with Crippen molar-refractivity contribution in [3.63, 3.8) is 0 Å². The van der Waals surface area contributed by atoms with Gasteiger partial charge in [0.25, 0.3) is 0 Å². The lowest BCUT2D eigenvalue weighted by Crippen LogP contribution is -2.37. The second-order valence-corrected chi connectivity index (χ2v) is 5.45. The third kappa shape index (κ3) is 5.13. The van der Waals surface area contributed by atoms with Gasteiger partial charge < -0.3 is 5.32 Å². The third-order valence-corrected chi connectivity index (χ3v) is 4.05. The minimum atomic E-state index is 0. The Bertz CT molecular complexity index is 360. The largest absolute Gasteiger partial charge is 0.317 e. The van der Waals surface area contributed by atoms with Crippen LogP contribution in [0.4, 0.5) is 0 Å². The Balaban J connectivity index is 0.00000180. The molecule has 3 heteroatoms. The molecule has 0 aliphatic carbocycles. The maximum absolute atomic E-state index is 3.47. The van der Waals surface area contributed by atoms with E-state index in [9.17, 15) is 0 Å². The maximum Gasteiger partial charge on any atom is 0.0236 e. The zero-order chi connectivity index (χ0) is 12.8. The van der Waals surface area contributed by atoms with E-state index in [0.717, 1.165) is 19.0 Å². The second kappa shape index (κ2) is 8.57. The highest BCUT2D eigenvalue weighted by molar-refractivity contribution is 5.85. The van der Waals surface area contributed by atoms with Gasteiger partial charge in [0.15, 0.2) is 0 Å². The molecule has 19 heavy (non-hydrogen) atoms. The highest BCUT2D eigenvalue weighted by atomic mass is 35.5. The predicted octanol–water partition coefficient (Wildman–Crippen LogP) is 3.24. The van der Waals surface area contributed by atoms with E-state index in [4.69, 9.17) is 0 Å². The average Bonchev–Trinajstić information content (AvgIpc) is 2.41. The number of nitrogens with one attached hydrogen (secondary N) is 1. The minimum absolute atomic E-state index is 0. The van der Waals surface area contributed by atoms with Gasteiger partial charge >= 0.3 is 0 Å². The van der Waals surface area contributed by atoms with Crippen LogP contribution in [-0.4, -0.2) is 31.1 Å². The SMILES string of the molecule is CCNCC1CCN(Cc2ccccc2C)CC1.Cl. The van der Waals surface area contributed by atoms with Gasteiger partial charge in [-0.05, 0) is 63.0 Å². The van der Waals surface area contributed by atoms with E-state index < -0.39 is 0 Å². The summed E-state index contributed by atoms with van der Waals surface area (Å²) in [4.78, 5) is 2.60. The van der Waals surface area contributed by atoms with Crippen molar-refractivity contribution in [2.75, 3.05) is 26.2 Å². The lowest BCUT2D eigenvalue weighted by atomic mass is 9.96. The van der Waals surface area contributed by atoms with Crippen molar-refractivity contribution in [1.82, 2.24) is 10.2 Å². The number of hydrogen-bond acceptors (Lipinski definition) is 2. The van der Waals surface area contributed by atoms with Crippen molar-refractivity contribution in [3.8, 4) is 0 Å². The molecule has 108 valence electrons. The second-order valence-electron chi connectivity index (χ2n) is 5.45. The van der Waals surface area contributed by atoms with Gasteiger partial charge in [-0.15, -0.1) is 12.4 Å². The molecule has 0 saturated carbocycles. The molecule has 0 bridgehead atoms. The molecule has 2 rings (SSSR count). The number of halogens is 1. The molecule has 0 unspecified atom stereocenters. The first-order valence-corrected chi connectivity index (χ1v) is 7.27. The molecule has 0 amide bonds. The fourth-order valence-electron chi connectivity index (χ4n) is 2.73. The first-order chi connectivity index (χ1) is 8.79. The third-order valence-electron chi connectivity index (χ3n) is 4.05. The van der Waals surface area contributed by atoms with Gasteiger partial charge in [0.1, 0.15) is 0 Å². The molecule has 1 aliphatic rings. The van der Waals surface area contributed by atoms with Crippen LogP contribution in [0.2, 0.25) is 0 Å². The van der Waals surface area contributed by atoms with Gasteiger partial charge in [-0.25, -0.2) is 0 Å². The lowest BCUT2D eigenvalue weighted by Gasteiger charge is -2.32. The summed E-state index contributed by atoms with van der Waals surface area (Å²) in [5.41, 5.74) is 2.91. The zero-order valence-corrected chi connectivity index (χ0v) is 13.0. The number of benzene rings is 1. The molecule has 2 nitrogen and oxygen atoms in total. The Kier molecular flexibility index (Phi) is 7.44. The maximum atomic E-state index is 3.47. The van der Waals surface area contributed by atoms with Crippen LogP contribution in [-0.2, 0) is 6.54 Å². The van der Waals surface area contributed by atoms with E-state index in [2.05, 4.69) is 48.3 Å². The standard InChI is InChI=1S/C16H26N2.ClH/c1-3-17-12-15-8-10-18(11-9-15)13-16-7-5-4-6-14(16)2;/h4-7,15,17H,3,8-13H2,1-2H3;1H. The van der Waals surface area contributed by atoms with Gasteiger partial charge in [-0.1, -0.05) is 31.2 Å². The Labute approximate surface area is 124 Å². The molecule has 0 aromatic heterocycles. The molecule has 1 aromatic rings. The van der Waals surface area contributed by atoms with Crippen molar-refractivity contribution < 1.29 is 0 Å². The fourth-order valence-corrected chi connectivity index (χ4v) is 2.73. The summed E-state index contributed by atoms with van der Waals surface area (Å²) in [7, 11) is 0. The Morgan fingerprint density at radius 2 is 1.89 bits per heavy atom. The summed E-state index contributed by atoms with van der Waals surface area (Å²) < 4.78 is 0. The lowest BCUT2D eigenvalue weighted by molar-refractivity contribution is 0.175. The van der Waals surface area contributed by atoms with Gasteiger partial charge in [0, 0.05) is 6.54 Å². The van der Waals surface area contributed by atoms with Crippen LogP contribution < -0.4 is 5.32 Å². The molecular weight excluding hydrogens is 256 g/mol. The topological polar surface area (TPSA) is 15.3 Å². The van der Waals surface area contributed by atoms with E-state index in [1.165, 1.54) is 43.6 Å². The predicted molar refractivity (Wildman–Crippen MR) is 85.0 cm³/mol. The van der Waals surface area contributed by atoms with Gasteiger partial charge in [-0.3, -0.25) is 4.90 Å². The van der Waals surface area contributed by atoms with E-state index in [1.807, 2.05) is 0 Å². The average molecular weight is 283 g/mol. The van der Waals surface area contributed by atoms with Crippen molar-refractivity contribution >= 4 is 12.4 Å². The summed E-state index contributed by atoms with van der Waals surface area (Å²) in [5, 5.41) is 3.47. The normalized spacial score (nSPS) is 17.2. The van der Waals surface area contributed by atoms with Crippen molar-refractivity contribution in [2.24, 2.45) is 5.92 Å². The summed E-state index contributed by atoms with van der Waals surface area (Å²) in [6, 6.07) is 8.76. The van der Waals surface area contributed by atoms with Crippen molar-refractivity contribution in [1.29, 1.82) is 0 Å². The number of likely N-dealkylation sites (tertiary alicyclic amines) is 1. The van der Waals surface area contributed by atoms with Crippen LogP contribution in [0.25, 0.3) is 0 Å². The van der Waals surface area contributed by atoms with Crippen LogP contribution in [0, 0.1) is 12.8 Å². The van der Waals surface area contributed by atoms with Crippen molar-refractivity contribution in [2.45, 2.75) is 33.2 Å². The Morgan fingerprint density at radius 3 is 2.53 bits per heavy atom. The van der Waals surface area contributed by atoms with E-state index >= 15 is 0 Å². The smallest absolute Gasteiger partial charge is 0.0236 e. The molecule has 1 fully saturated rings. The zero-order valence-electron chi connectivity index (χ0n) is 12.2. The molecule has 1 N–H and O–H groups in total. The van der Waals surface area contributed by atoms with Gasteiger partial charge in [0.2, 0.25) is 0 Å². The summed E-state index contributed by atoms with van der Waals surface area (Å²) >= 11 is 0. The molecule has 0 radical (unpaired) electrons. The molecule has 1 aliphatic heterocycles. The molecule has 0 atom stereocenters. The van der Waals surface area contributed by atoms with Crippen molar-refractivity contribution in [3.05, 3.63) is 35.4 Å². The number of aryl methyl sites for hydroxylation is 1. The number of rotatable bonds is 5. The van der Waals surface area contributed by atoms with Crippen LogP contribution in [0.5, 0.6) is 0 Å². The molecule has 0 spiro atoms. The van der Waals surface area contributed by atoms with Crippen LogP contribution >= 0.6 is 12.4 Å².